The number of nitrogens with zero attached hydrogens (tertiary/aromatic N) is 3. The third-order valence-corrected chi connectivity index (χ3v) is 5.49. The van der Waals surface area contributed by atoms with E-state index in [-0.39, 0.29) is 11.8 Å². The van der Waals surface area contributed by atoms with Gasteiger partial charge in [0.1, 0.15) is 5.82 Å². The summed E-state index contributed by atoms with van der Waals surface area (Å²) >= 11 is 0. The van der Waals surface area contributed by atoms with Gasteiger partial charge in [0.05, 0.1) is 19.1 Å². The number of nitrogens with one attached hydrogen (secondary N) is 2. The molecule has 0 radical (unpaired) electrons. The van der Waals surface area contributed by atoms with Crippen molar-refractivity contribution in [2.75, 3.05) is 41.8 Å². The zero-order chi connectivity index (χ0) is 22.3. The van der Waals surface area contributed by atoms with Gasteiger partial charge in [0.2, 0.25) is 11.9 Å². The Hall–Kier alpha value is -3.45. The average Bonchev–Trinajstić information content (AvgIpc) is 2.82. The number of hydrogen-bond acceptors (Lipinski definition) is 6. The molecule has 0 spiro atoms. The molecule has 32 heavy (non-hydrogen) atoms. The van der Waals surface area contributed by atoms with Gasteiger partial charge in [-0.1, -0.05) is 37.3 Å². The fourth-order valence-electron chi connectivity index (χ4n) is 3.79. The van der Waals surface area contributed by atoms with Crippen molar-refractivity contribution in [3.8, 4) is 0 Å². The Bertz CT molecular complexity index is 1030. The van der Waals surface area contributed by atoms with E-state index in [4.69, 9.17) is 4.74 Å². The lowest BCUT2D eigenvalue weighted by Gasteiger charge is -2.27. The van der Waals surface area contributed by atoms with Crippen LogP contribution in [0.3, 0.4) is 0 Å². The summed E-state index contributed by atoms with van der Waals surface area (Å²) in [6.07, 6.45) is 0.744. The van der Waals surface area contributed by atoms with Gasteiger partial charge in [0.25, 0.3) is 0 Å². The van der Waals surface area contributed by atoms with E-state index in [9.17, 15) is 4.79 Å². The van der Waals surface area contributed by atoms with Gasteiger partial charge in [0.15, 0.2) is 0 Å². The molecule has 0 saturated carbocycles. The molecule has 1 atom stereocenters. The lowest BCUT2D eigenvalue weighted by atomic mass is 9.95. The largest absolute Gasteiger partial charge is 0.378 e. The van der Waals surface area contributed by atoms with Gasteiger partial charge in [-0.05, 0) is 43.2 Å². The van der Waals surface area contributed by atoms with Gasteiger partial charge in [-0.15, -0.1) is 0 Å². The molecule has 2 heterocycles. The van der Waals surface area contributed by atoms with E-state index in [0.29, 0.717) is 19.2 Å². The van der Waals surface area contributed by atoms with Crippen molar-refractivity contribution in [1.29, 1.82) is 0 Å². The maximum absolute atomic E-state index is 12.8. The molecule has 0 bridgehead atoms. The fraction of sp³-hybridized carbons (Fsp3) is 0.320. The molecule has 1 aromatic heterocycles. The number of carbonyl (C=O) groups excluding carboxylic acids is 1. The fourth-order valence-corrected chi connectivity index (χ4v) is 3.79. The van der Waals surface area contributed by atoms with Crippen LogP contribution in [-0.4, -0.2) is 42.2 Å². The second-order valence-electron chi connectivity index (χ2n) is 7.86. The van der Waals surface area contributed by atoms with Gasteiger partial charge in [0, 0.05) is 36.2 Å². The molecule has 0 aliphatic carbocycles. The first-order valence-corrected chi connectivity index (χ1v) is 11.0. The normalized spacial score (nSPS) is 14.6. The number of rotatable bonds is 7. The summed E-state index contributed by atoms with van der Waals surface area (Å²) in [7, 11) is 0. The van der Waals surface area contributed by atoms with E-state index >= 15 is 0 Å². The summed E-state index contributed by atoms with van der Waals surface area (Å²) < 4.78 is 5.42. The predicted molar refractivity (Wildman–Crippen MR) is 128 cm³/mol. The van der Waals surface area contributed by atoms with Gasteiger partial charge in [-0.3, -0.25) is 4.79 Å². The first-order valence-electron chi connectivity index (χ1n) is 11.0. The van der Waals surface area contributed by atoms with Crippen molar-refractivity contribution in [3.63, 3.8) is 0 Å². The van der Waals surface area contributed by atoms with E-state index in [1.807, 2.05) is 74.5 Å². The zero-order valence-electron chi connectivity index (χ0n) is 18.5. The summed E-state index contributed by atoms with van der Waals surface area (Å²) in [6, 6.07) is 19.5. The van der Waals surface area contributed by atoms with Gasteiger partial charge < -0.3 is 20.3 Å². The smallest absolute Gasteiger partial charge is 0.231 e. The number of anilines is 4. The molecular weight excluding hydrogens is 402 g/mol. The highest BCUT2D eigenvalue weighted by Crippen LogP contribution is 2.24. The number of carbonyl (C=O) groups is 1. The summed E-state index contributed by atoms with van der Waals surface area (Å²) in [6.45, 7) is 6.95. The molecule has 2 aromatic carbocycles. The molecule has 1 aliphatic rings. The van der Waals surface area contributed by atoms with Crippen molar-refractivity contribution in [1.82, 2.24) is 9.97 Å². The highest BCUT2D eigenvalue weighted by molar-refractivity contribution is 5.96. The van der Waals surface area contributed by atoms with Crippen molar-refractivity contribution in [3.05, 3.63) is 71.9 Å². The molecule has 1 saturated heterocycles. The first kappa shape index (κ1) is 21.8. The molecule has 1 unspecified atom stereocenters. The number of hydrogen-bond donors (Lipinski definition) is 2. The zero-order valence-corrected chi connectivity index (χ0v) is 18.5. The lowest BCUT2D eigenvalue weighted by molar-refractivity contribution is -0.117. The van der Waals surface area contributed by atoms with Crippen LogP contribution in [0.25, 0.3) is 0 Å². The average molecular weight is 432 g/mol. The topological polar surface area (TPSA) is 79.4 Å². The Morgan fingerprint density at radius 3 is 2.41 bits per heavy atom. The third-order valence-electron chi connectivity index (χ3n) is 5.49. The van der Waals surface area contributed by atoms with Crippen molar-refractivity contribution in [2.24, 2.45) is 0 Å². The number of benzene rings is 2. The van der Waals surface area contributed by atoms with Crippen LogP contribution in [0.2, 0.25) is 0 Å². The summed E-state index contributed by atoms with van der Waals surface area (Å²) in [4.78, 5) is 24.2. The lowest BCUT2D eigenvalue weighted by Crippen LogP contribution is -2.37. The highest BCUT2D eigenvalue weighted by Gasteiger charge is 2.18. The van der Waals surface area contributed by atoms with E-state index < -0.39 is 0 Å². The molecule has 166 valence electrons. The maximum Gasteiger partial charge on any atom is 0.231 e. The van der Waals surface area contributed by atoms with E-state index in [2.05, 4.69) is 25.5 Å². The van der Waals surface area contributed by atoms with Gasteiger partial charge >= 0.3 is 0 Å². The molecule has 1 fully saturated rings. The Balaban J connectivity index is 1.42. The van der Waals surface area contributed by atoms with Crippen LogP contribution in [0.15, 0.2) is 60.7 Å². The first-order chi connectivity index (χ1) is 15.6. The Kier molecular flexibility index (Phi) is 6.97. The predicted octanol–water partition coefficient (Wildman–Crippen LogP) is 4.50. The standard InChI is InChI=1S/C25H29N5O2/c1-3-22(19-7-5-4-6-8-19)24(31)28-21-11-9-20(10-12-21)27-23-17-18(2)26-25(29-23)30-13-15-32-16-14-30/h4-12,17,22H,3,13-16H2,1-2H3,(H,28,31)(H,26,27,29). The highest BCUT2D eigenvalue weighted by atomic mass is 16.5. The van der Waals surface area contributed by atoms with Crippen LogP contribution in [0, 0.1) is 6.92 Å². The summed E-state index contributed by atoms with van der Waals surface area (Å²) in [5, 5.41) is 6.38. The van der Waals surface area contributed by atoms with Gasteiger partial charge in [-0.2, -0.15) is 4.98 Å². The van der Waals surface area contributed by atoms with Crippen molar-refractivity contribution < 1.29 is 9.53 Å². The molecule has 4 rings (SSSR count). The van der Waals surface area contributed by atoms with Crippen LogP contribution in [0.5, 0.6) is 0 Å². The quantitative estimate of drug-likeness (QED) is 0.574. The number of amides is 1. The second-order valence-corrected chi connectivity index (χ2v) is 7.86. The molecule has 7 heteroatoms. The SMILES string of the molecule is CCC(C(=O)Nc1ccc(Nc2cc(C)nc(N3CCOCC3)n2)cc1)c1ccccc1. The monoisotopic (exact) mass is 431 g/mol. The third kappa shape index (κ3) is 5.42. The molecule has 3 aromatic rings. The Morgan fingerprint density at radius 2 is 1.72 bits per heavy atom. The van der Waals surface area contributed by atoms with Crippen LogP contribution >= 0.6 is 0 Å². The minimum absolute atomic E-state index is 0.000914. The van der Waals surface area contributed by atoms with E-state index in [1.54, 1.807) is 0 Å². The van der Waals surface area contributed by atoms with E-state index in [0.717, 1.165) is 48.0 Å². The number of aromatic nitrogens is 2. The molecular formula is C25H29N5O2. The van der Waals surface area contributed by atoms with E-state index in [1.165, 1.54) is 0 Å². The summed E-state index contributed by atoms with van der Waals surface area (Å²) in [5.41, 5.74) is 3.59. The van der Waals surface area contributed by atoms with Crippen LogP contribution in [0.1, 0.15) is 30.5 Å². The Labute approximate surface area is 188 Å². The summed E-state index contributed by atoms with van der Waals surface area (Å²) in [5.74, 6) is 1.29. The van der Waals surface area contributed by atoms with Crippen molar-refractivity contribution >= 4 is 29.0 Å². The van der Waals surface area contributed by atoms with Gasteiger partial charge in [-0.25, -0.2) is 4.98 Å². The maximum atomic E-state index is 12.8. The second kappa shape index (κ2) is 10.2. The number of aryl methyl sites for hydroxylation is 1. The minimum atomic E-state index is -0.170. The molecule has 7 nitrogen and oxygen atoms in total. The van der Waals surface area contributed by atoms with Crippen molar-refractivity contribution in [2.45, 2.75) is 26.2 Å². The molecule has 1 aliphatic heterocycles. The molecule has 2 N–H and O–H groups in total. The number of morpholine rings is 1. The van der Waals surface area contributed by atoms with Crippen LogP contribution < -0.4 is 15.5 Å². The van der Waals surface area contributed by atoms with Crippen LogP contribution in [0.4, 0.5) is 23.1 Å². The Morgan fingerprint density at radius 1 is 1.03 bits per heavy atom. The van der Waals surface area contributed by atoms with Crippen LogP contribution in [-0.2, 0) is 9.53 Å². The molecule has 1 amide bonds. The number of ether oxygens (including phenoxy) is 1. The minimum Gasteiger partial charge on any atom is -0.378 e.